The number of carbonyl (C=O) groups excluding carboxylic acids is 1. The predicted octanol–water partition coefficient (Wildman–Crippen LogP) is 5.07. The van der Waals surface area contributed by atoms with Crippen LogP contribution in [0.3, 0.4) is 0 Å². The first kappa shape index (κ1) is 24.8. The van der Waals surface area contributed by atoms with Crippen molar-refractivity contribution in [2.45, 2.75) is 46.0 Å². The molecule has 0 aliphatic heterocycles. The maximum Gasteiger partial charge on any atom is 0.256 e. The SMILES string of the molecule is CCC1CCC(C)(CCNC(=O)c2cn(-c3ccc(F)cc3F)c3nc(N(C)C)ccc3c2=O)C1. The Labute approximate surface area is 204 Å². The Hall–Kier alpha value is -3.29. The second kappa shape index (κ2) is 9.76. The Morgan fingerprint density at radius 3 is 2.69 bits per heavy atom. The number of hydrogen-bond donors (Lipinski definition) is 1. The van der Waals surface area contributed by atoms with Crippen LogP contribution in [-0.4, -0.2) is 36.1 Å². The molecular weight excluding hydrogens is 450 g/mol. The summed E-state index contributed by atoms with van der Waals surface area (Å²) < 4.78 is 29.7. The zero-order valence-corrected chi connectivity index (χ0v) is 20.7. The lowest BCUT2D eigenvalue weighted by atomic mass is 9.84. The van der Waals surface area contributed by atoms with Gasteiger partial charge in [0.1, 0.15) is 23.0 Å². The highest BCUT2D eigenvalue weighted by molar-refractivity contribution is 5.97. The van der Waals surface area contributed by atoms with E-state index >= 15 is 0 Å². The fraction of sp³-hybridized carbons (Fsp3) is 0.444. The molecule has 2 unspecified atom stereocenters. The van der Waals surface area contributed by atoms with Crippen LogP contribution in [0.1, 0.15) is 56.3 Å². The first-order valence-corrected chi connectivity index (χ1v) is 12.1. The van der Waals surface area contributed by atoms with E-state index in [0.29, 0.717) is 12.4 Å². The third kappa shape index (κ3) is 5.06. The molecule has 1 aliphatic carbocycles. The van der Waals surface area contributed by atoms with Gasteiger partial charge in [-0.2, -0.15) is 0 Å². The Bertz CT molecular complexity index is 1320. The van der Waals surface area contributed by atoms with Crippen LogP contribution in [0.4, 0.5) is 14.6 Å². The molecule has 0 spiro atoms. The van der Waals surface area contributed by atoms with E-state index in [4.69, 9.17) is 0 Å². The second-order valence-electron chi connectivity index (χ2n) is 10.1. The number of nitrogens with one attached hydrogen (secondary N) is 1. The van der Waals surface area contributed by atoms with Gasteiger partial charge in [0.25, 0.3) is 5.91 Å². The van der Waals surface area contributed by atoms with Crippen LogP contribution in [0, 0.1) is 23.0 Å². The van der Waals surface area contributed by atoms with Crippen molar-refractivity contribution in [1.29, 1.82) is 0 Å². The molecule has 1 fully saturated rings. The summed E-state index contributed by atoms with van der Waals surface area (Å²) >= 11 is 0. The number of halogens is 2. The maximum atomic E-state index is 14.8. The van der Waals surface area contributed by atoms with Crippen LogP contribution in [-0.2, 0) is 0 Å². The molecular formula is C27H32F2N4O2. The molecule has 1 aromatic carbocycles. The van der Waals surface area contributed by atoms with Crippen molar-refractivity contribution in [1.82, 2.24) is 14.9 Å². The van der Waals surface area contributed by atoms with E-state index in [9.17, 15) is 18.4 Å². The number of benzene rings is 1. The molecule has 0 radical (unpaired) electrons. The fourth-order valence-corrected chi connectivity index (χ4v) is 5.07. The van der Waals surface area contributed by atoms with Crippen molar-refractivity contribution in [3.8, 4) is 5.69 Å². The summed E-state index contributed by atoms with van der Waals surface area (Å²) in [5, 5.41) is 3.07. The van der Waals surface area contributed by atoms with Crippen molar-refractivity contribution in [2.75, 3.05) is 25.5 Å². The van der Waals surface area contributed by atoms with Crippen molar-refractivity contribution >= 4 is 22.8 Å². The molecule has 2 aromatic heterocycles. The Morgan fingerprint density at radius 1 is 1.26 bits per heavy atom. The average Bonchev–Trinajstić information content (AvgIpc) is 3.20. The van der Waals surface area contributed by atoms with Crippen molar-refractivity contribution in [3.63, 3.8) is 0 Å². The molecule has 1 amide bonds. The molecule has 2 heterocycles. The summed E-state index contributed by atoms with van der Waals surface area (Å²) in [5.41, 5.74) is -0.220. The minimum absolute atomic E-state index is 0.00192. The number of fused-ring (bicyclic) bond motifs is 1. The van der Waals surface area contributed by atoms with Gasteiger partial charge in [0.05, 0.1) is 11.1 Å². The van der Waals surface area contributed by atoms with Gasteiger partial charge < -0.3 is 10.2 Å². The smallest absolute Gasteiger partial charge is 0.256 e. The number of amides is 1. The van der Waals surface area contributed by atoms with Crippen LogP contribution < -0.4 is 15.6 Å². The van der Waals surface area contributed by atoms with Crippen molar-refractivity contribution in [2.24, 2.45) is 11.3 Å². The molecule has 0 saturated heterocycles. The van der Waals surface area contributed by atoms with Gasteiger partial charge in [-0.25, -0.2) is 13.8 Å². The molecule has 4 rings (SSSR count). The van der Waals surface area contributed by atoms with Crippen LogP contribution in [0.25, 0.3) is 16.7 Å². The third-order valence-electron chi connectivity index (χ3n) is 7.24. The van der Waals surface area contributed by atoms with Gasteiger partial charge in [-0.05, 0) is 61.3 Å². The van der Waals surface area contributed by atoms with Crippen molar-refractivity contribution < 1.29 is 13.6 Å². The van der Waals surface area contributed by atoms with Gasteiger partial charge in [0.15, 0.2) is 5.65 Å². The quantitative estimate of drug-likeness (QED) is 0.511. The van der Waals surface area contributed by atoms with Crippen LogP contribution in [0.2, 0.25) is 0 Å². The van der Waals surface area contributed by atoms with E-state index < -0.39 is 23.0 Å². The first-order valence-electron chi connectivity index (χ1n) is 12.1. The number of carbonyl (C=O) groups is 1. The summed E-state index contributed by atoms with van der Waals surface area (Å²) in [4.78, 5) is 32.6. The van der Waals surface area contributed by atoms with E-state index in [1.54, 1.807) is 31.1 Å². The lowest BCUT2D eigenvalue weighted by Gasteiger charge is -2.24. The highest BCUT2D eigenvalue weighted by Crippen LogP contribution is 2.44. The van der Waals surface area contributed by atoms with Gasteiger partial charge in [-0.3, -0.25) is 14.2 Å². The van der Waals surface area contributed by atoms with Crippen molar-refractivity contribution in [3.05, 3.63) is 63.9 Å². The summed E-state index contributed by atoms with van der Waals surface area (Å²) in [6.45, 7) is 4.92. The molecule has 0 bridgehead atoms. The van der Waals surface area contributed by atoms with Crippen LogP contribution >= 0.6 is 0 Å². The standard InChI is InChI=1S/C27H32F2N4O2/c1-5-17-10-11-27(2,15-17)12-13-30-26(35)20-16-33(22-8-6-18(28)14-21(22)29)25-19(24(20)34)7-9-23(31-25)32(3)4/h6-9,14,16-17H,5,10-13,15H2,1-4H3,(H,30,35). The van der Waals surface area contributed by atoms with Gasteiger partial charge in [0.2, 0.25) is 5.43 Å². The number of aromatic nitrogens is 2. The summed E-state index contributed by atoms with van der Waals surface area (Å²) in [5.74, 6) is -0.771. The highest BCUT2D eigenvalue weighted by Gasteiger charge is 2.33. The monoisotopic (exact) mass is 482 g/mol. The number of anilines is 1. The Balaban J connectivity index is 1.70. The highest BCUT2D eigenvalue weighted by atomic mass is 19.1. The first-order chi connectivity index (χ1) is 16.6. The minimum atomic E-state index is -0.821. The largest absolute Gasteiger partial charge is 0.363 e. The number of pyridine rings is 2. The molecule has 3 aromatic rings. The van der Waals surface area contributed by atoms with Gasteiger partial charge >= 0.3 is 0 Å². The second-order valence-corrected chi connectivity index (χ2v) is 10.1. The normalized spacial score (nSPS) is 19.8. The van der Waals surface area contributed by atoms with E-state index in [0.717, 1.165) is 37.3 Å². The van der Waals surface area contributed by atoms with Gasteiger partial charge in [0, 0.05) is 32.9 Å². The summed E-state index contributed by atoms with van der Waals surface area (Å²) in [7, 11) is 3.59. The minimum Gasteiger partial charge on any atom is -0.363 e. The lowest BCUT2D eigenvalue weighted by Crippen LogP contribution is -2.32. The lowest BCUT2D eigenvalue weighted by molar-refractivity contribution is 0.0946. The molecule has 1 saturated carbocycles. The third-order valence-corrected chi connectivity index (χ3v) is 7.24. The molecule has 1 aliphatic rings. The fourth-order valence-electron chi connectivity index (χ4n) is 5.07. The summed E-state index contributed by atoms with van der Waals surface area (Å²) in [6, 6.07) is 6.41. The summed E-state index contributed by atoms with van der Waals surface area (Å²) in [6.07, 6.45) is 6.79. The predicted molar refractivity (Wildman–Crippen MR) is 134 cm³/mol. The molecule has 2 atom stereocenters. The van der Waals surface area contributed by atoms with Gasteiger partial charge in [-0.1, -0.05) is 20.3 Å². The van der Waals surface area contributed by atoms with Crippen LogP contribution in [0.5, 0.6) is 0 Å². The number of hydrogen-bond acceptors (Lipinski definition) is 4. The maximum absolute atomic E-state index is 14.8. The molecule has 186 valence electrons. The van der Waals surface area contributed by atoms with E-state index in [1.807, 2.05) is 0 Å². The molecule has 8 heteroatoms. The average molecular weight is 483 g/mol. The zero-order chi connectivity index (χ0) is 25.3. The Morgan fingerprint density at radius 2 is 2.03 bits per heavy atom. The molecule has 6 nitrogen and oxygen atoms in total. The number of rotatable bonds is 7. The van der Waals surface area contributed by atoms with Gasteiger partial charge in [-0.15, -0.1) is 0 Å². The van der Waals surface area contributed by atoms with E-state index in [1.165, 1.54) is 29.7 Å². The molecule has 1 N–H and O–H groups in total. The Kier molecular flexibility index (Phi) is 6.92. The zero-order valence-electron chi connectivity index (χ0n) is 20.7. The van der Waals surface area contributed by atoms with Crippen LogP contribution in [0.15, 0.2) is 41.3 Å². The number of nitrogens with zero attached hydrogens (tertiary/aromatic N) is 3. The molecule has 35 heavy (non-hydrogen) atoms. The van der Waals surface area contributed by atoms with E-state index in [2.05, 4.69) is 24.1 Å². The van der Waals surface area contributed by atoms with E-state index in [-0.39, 0.29) is 27.7 Å². The topological polar surface area (TPSA) is 67.2 Å².